The molecule has 38 heavy (non-hydrogen) atoms. The molecule has 2 heterocycles. The molecule has 1 aromatic carbocycles. The molecule has 0 amide bonds. The number of ether oxygens (including phenoxy) is 2. The Morgan fingerprint density at radius 1 is 1.26 bits per heavy atom. The fourth-order valence-corrected chi connectivity index (χ4v) is 4.42. The molecule has 1 aromatic heterocycles. The van der Waals surface area contributed by atoms with E-state index in [9.17, 15) is 31.6 Å². The van der Waals surface area contributed by atoms with E-state index >= 15 is 0 Å². The van der Waals surface area contributed by atoms with Crippen LogP contribution in [0.3, 0.4) is 0 Å². The van der Waals surface area contributed by atoms with E-state index in [1.165, 1.54) is 12.3 Å². The number of nitrogens with one attached hydrogen (secondary N) is 2. The number of nitrogens with zero attached hydrogens (tertiary/aromatic N) is 3. The molecule has 2 atom stereocenters. The monoisotopic (exact) mass is 555 g/mol. The number of methoxy groups -OCH3 is 1. The lowest BCUT2D eigenvalue weighted by atomic mass is 9.96. The van der Waals surface area contributed by atoms with Gasteiger partial charge in [-0.1, -0.05) is 0 Å². The highest BCUT2D eigenvalue weighted by atomic mass is 32.2. The highest BCUT2D eigenvalue weighted by Crippen LogP contribution is 2.48. The number of aryl methyl sites for hydroxylation is 1. The number of halogens is 3. The molecule has 0 bridgehead atoms. The first-order valence-electron chi connectivity index (χ1n) is 11.5. The Bertz CT molecular complexity index is 1370. The van der Waals surface area contributed by atoms with Crippen LogP contribution in [0.15, 0.2) is 18.3 Å². The zero-order valence-electron chi connectivity index (χ0n) is 20.3. The average Bonchev–Trinajstić information content (AvgIpc) is 3.71. The number of rotatable bonds is 8. The van der Waals surface area contributed by atoms with Gasteiger partial charge in [-0.25, -0.2) is 9.78 Å². The molecule has 0 spiro atoms. The van der Waals surface area contributed by atoms with Crippen molar-refractivity contribution >= 4 is 33.5 Å². The van der Waals surface area contributed by atoms with Crippen molar-refractivity contribution in [1.29, 1.82) is 5.26 Å². The van der Waals surface area contributed by atoms with Crippen LogP contribution in [0, 0.1) is 24.2 Å². The molecule has 2 fully saturated rings. The number of hydrogen-bond donors (Lipinski definition) is 2. The first-order valence-corrected chi connectivity index (χ1v) is 13.0. The Labute approximate surface area is 216 Å². The smallest absolute Gasteiger partial charge is 0.465 e. The summed E-state index contributed by atoms with van der Waals surface area (Å²) in [6, 6.07) is 4.46. The molecule has 2 N–H and O–H groups in total. The van der Waals surface area contributed by atoms with Gasteiger partial charge in [0.05, 0.1) is 31.7 Å². The van der Waals surface area contributed by atoms with Gasteiger partial charge < -0.3 is 24.3 Å². The van der Waals surface area contributed by atoms with E-state index in [1.807, 2.05) is 0 Å². The molecule has 1 aliphatic heterocycles. The van der Waals surface area contributed by atoms with Crippen molar-refractivity contribution in [3.05, 3.63) is 35.0 Å². The second-order valence-corrected chi connectivity index (χ2v) is 10.4. The Hall–Kier alpha value is -3.64. The third-order valence-electron chi connectivity index (χ3n) is 6.09. The molecule has 1 aliphatic carbocycles. The van der Waals surface area contributed by atoms with E-state index in [0.29, 0.717) is 43.9 Å². The van der Waals surface area contributed by atoms with Crippen LogP contribution in [0.2, 0.25) is 0 Å². The average molecular weight is 556 g/mol. The van der Waals surface area contributed by atoms with Gasteiger partial charge in [0.25, 0.3) is 0 Å². The highest BCUT2D eigenvalue weighted by molar-refractivity contribution is 7.88. The quantitative estimate of drug-likeness (QED) is 0.278. The first-order chi connectivity index (χ1) is 17.9. The highest BCUT2D eigenvalue weighted by Gasteiger charge is 2.49. The SMILES string of the molecule is COC(=O)c1cc(Nc2ncc(C)c(N[C@@H]3COCC[C@H]3C#N)n2)cc(C2CC2)c1OS(=O)(=O)C(F)(F)F. The summed E-state index contributed by atoms with van der Waals surface area (Å²) < 4.78 is 77.2. The summed E-state index contributed by atoms with van der Waals surface area (Å²) in [6.07, 6.45) is 3.22. The number of anilines is 3. The fraction of sp³-hybridized carbons (Fsp3) is 0.478. The number of nitriles is 1. The molecule has 4 rings (SSSR count). The zero-order valence-corrected chi connectivity index (χ0v) is 21.1. The molecule has 1 saturated heterocycles. The lowest BCUT2D eigenvalue weighted by Crippen LogP contribution is -2.38. The maximum Gasteiger partial charge on any atom is 0.534 e. The number of hydrogen-bond acceptors (Lipinski definition) is 11. The lowest BCUT2D eigenvalue weighted by molar-refractivity contribution is -0.0500. The van der Waals surface area contributed by atoms with E-state index in [1.54, 1.807) is 6.92 Å². The molecular weight excluding hydrogens is 531 g/mol. The molecule has 0 radical (unpaired) electrons. The normalized spacial score (nSPS) is 19.8. The van der Waals surface area contributed by atoms with Crippen molar-refractivity contribution in [3.63, 3.8) is 0 Å². The summed E-state index contributed by atoms with van der Waals surface area (Å²) in [6.45, 7) is 2.58. The number of benzene rings is 1. The van der Waals surface area contributed by atoms with E-state index in [-0.39, 0.29) is 35.1 Å². The van der Waals surface area contributed by atoms with Crippen molar-refractivity contribution in [2.75, 3.05) is 31.0 Å². The predicted molar refractivity (Wildman–Crippen MR) is 127 cm³/mol. The molecule has 0 unspecified atom stereocenters. The van der Waals surface area contributed by atoms with Gasteiger partial charge in [-0.2, -0.15) is 31.8 Å². The van der Waals surface area contributed by atoms with Crippen molar-refractivity contribution in [1.82, 2.24) is 9.97 Å². The van der Waals surface area contributed by atoms with Gasteiger partial charge in [-0.15, -0.1) is 0 Å². The van der Waals surface area contributed by atoms with Gasteiger partial charge in [0.2, 0.25) is 5.95 Å². The maximum atomic E-state index is 13.0. The number of esters is 1. The molecule has 2 aromatic rings. The molecular formula is C23H24F3N5O6S. The Morgan fingerprint density at radius 3 is 2.63 bits per heavy atom. The van der Waals surface area contributed by atoms with Crippen LogP contribution in [0.4, 0.5) is 30.6 Å². The van der Waals surface area contributed by atoms with E-state index in [0.717, 1.165) is 13.2 Å². The summed E-state index contributed by atoms with van der Waals surface area (Å²) in [4.78, 5) is 21.1. The molecule has 11 nitrogen and oxygen atoms in total. The third-order valence-corrected chi connectivity index (χ3v) is 7.04. The van der Waals surface area contributed by atoms with Crippen molar-refractivity contribution in [2.45, 2.75) is 43.7 Å². The second kappa shape index (κ2) is 10.6. The predicted octanol–water partition coefficient (Wildman–Crippen LogP) is 3.76. The molecule has 15 heteroatoms. The van der Waals surface area contributed by atoms with Crippen LogP contribution in [0.5, 0.6) is 5.75 Å². The second-order valence-electron chi connectivity index (χ2n) is 8.89. The standard InChI is InChI=1S/C23H24F3N5O6S/c1-12-10-28-22(31-20(12)30-18-11-36-6-5-14(18)9-27)29-15-7-16(13-3-4-13)19(17(8-15)21(32)35-2)37-38(33,34)23(24,25)26/h7-8,10,13-14,18H,3-6,11H2,1-2H3,(H2,28,29,30,31)/t14-,18+/m0/s1. The van der Waals surface area contributed by atoms with E-state index in [4.69, 9.17) is 4.74 Å². The Balaban J connectivity index is 1.68. The summed E-state index contributed by atoms with van der Waals surface area (Å²) in [5.74, 6) is -1.89. The minimum atomic E-state index is -6.04. The van der Waals surface area contributed by atoms with Crippen LogP contribution in [0.25, 0.3) is 0 Å². The maximum absolute atomic E-state index is 13.0. The molecule has 204 valence electrons. The summed E-state index contributed by atoms with van der Waals surface area (Å²) in [5.41, 5.74) is -5.20. The van der Waals surface area contributed by atoms with Crippen LogP contribution in [0.1, 0.15) is 46.7 Å². The van der Waals surface area contributed by atoms with Gasteiger partial charge in [0.15, 0.2) is 5.75 Å². The largest absolute Gasteiger partial charge is 0.534 e. The lowest BCUT2D eigenvalue weighted by Gasteiger charge is -2.28. The van der Waals surface area contributed by atoms with Gasteiger partial charge in [-0.3, -0.25) is 0 Å². The number of carbonyl (C=O) groups excluding carboxylic acids is 1. The van der Waals surface area contributed by atoms with Crippen molar-refractivity contribution < 1.29 is 40.0 Å². The zero-order chi connectivity index (χ0) is 27.7. The van der Waals surface area contributed by atoms with Gasteiger partial charge >= 0.3 is 21.6 Å². The van der Waals surface area contributed by atoms with E-state index in [2.05, 4.69) is 35.6 Å². The van der Waals surface area contributed by atoms with Crippen LogP contribution in [-0.2, 0) is 19.6 Å². The summed E-state index contributed by atoms with van der Waals surface area (Å²) in [5, 5.41) is 15.5. The first kappa shape index (κ1) is 27.4. The number of alkyl halides is 3. The minimum absolute atomic E-state index is 0.0810. The Morgan fingerprint density at radius 2 is 2.00 bits per heavy atom. The fourth-order valence-electron chi connectivity index (χ4n) is 3.92. The van der Waals surface area contributed by atoms with Gasteiger partial charge in [-0.05, 0) is 44.2 Å². The van der Waals surface area contributed by atoms with Gasteiger partial charge in [0, 0.05) is 29.6 Å². The minimum Gasteiger partial charge on any atom is -0.465 e. The number of aromatic nitrogens is 2. The molecule has 2 aliphatic rings. The third kappa shape index (κ3) is 5.91. The van der Waals surface area contributed by atoms with Crippen LogP contribution >= 0.6 is 0 Å². The van der Waals surface area contributed by atoms with Gasteiger partial charge in [0.1, 0.15) is 11.4 Å². The van der Waals surface area contributed by atoms with E-state index < -0.39 is 32.9 Å². The number of carbonyl (C=O) groups is 1. The van der Waals surface area contributed by atoms with Crippen LogP contribution in [-0.4, -0.2) is 56.2 Å². The van der Waals surface area contributed by atoms with Crippen molar-refractivity contribution in [2.24, 2.45) is 5.92 Å². The summed E-state index contributed by atoms with van der Waals surface area (Å²) in [7, 11) is -5.03. The van der Waals surface area contributed by atoms with Crippen LogP contribution < -0.4 is 14.8 Å². The Kier molecular flexibility index (Phi) is 7.65. The molecule has 1 saturated carbocycles. The topological polar surface area (TPSA) is 153 Å². The summed E-state index contributed by atoms with van der Waals surface area (Å²) >= 11 is 0. The van der Waals surface area contributed by atoms with Crippen molar-refractivity contribution in [3.8, 4) is 11.8 Å².